The molecule has 2 aromatic carbocycles. The van der Waals surface area contributed by atoms with E-state index in [0.717, 1.165) is 36.4 Å². The summed E-state index contributed by atoms with van der Waals surface area (Å²) in [5.74, 6) is 2.08. The Hall–Kier alpha value is -3.22. The number of carbonyl (C=O) groups is 1. The van der Waals surface area contributed by atoms with Crippen LogP contribution in [0.15, 0.2) is 41.4 Å². The molecule has 0 radical (unpaired) electrons. The fourth-order valence-corrected chi connectivity index (χ4v) is 4.06. The number of hydrogen-bond acceptors (Lipinski definition) is 6. The van der Waals surface area contributed by atoms with Crippen LogP contribution in [0.25, 0.3) is 0 Å². The summed E-state index contributed by atoms with van der Waals surface area (Å²) >= 11 is 0. The van der Waals surface area contributed by atoms with Crippen molar-refractivity contribution < 1.29 is 19.0 Å². The van der Waals surface area contributed by atoms with E-state index >= 15 is 0 Å². The lowest BCUT2D eigenvalue weighted by Gasteiger charge is -2.35. The van der Waals surface area contributed by atoms with Crippen molar-refractivity contribution in [1.29, 1.82) is 0 Å². The number of nitrogens with zero attached hydrogens (tertiary/aromatic N) is 2. The molecule has 162 valence electrons. The number of likely N-dealkylation sites (tertiary alicyclic amines) is 1. The van der Waals surface area contributed by atoms with Crippen LogP contribution in [0.3, 0.4) is 0 Å². The van der Waals surface area contributed by atoms with Crippen molar-refractivity contribution in [3.63, 3.8) is 0 Å². The van der Waals surface area contributed by atoms with Crippen LogP contribution in [-0.2, 0) is 10.3 Å². The van der Waals surface area contributed by atoms with Crippen LogP contribution in [0, 0.1) is 5.41 Å². The van der Waals surface area contributed by atoms with E-state index in [1.165, 1.54) is 0 Å². The quantitative estimate of drug-likeness (QED) is 0.818. The van der Waals surface area contributed by atoms with Crippen molar-refractivity contribution in [2.45, 2.75) is 32.7 Å². The fourth-order valence-electron chi connectivity index (χ4n) is 4.06. The summed E-state index contributed by atoms with van der Waals surface area (Å²) in [6.45, 7) is 8.78. The molecule has 1 atom stereocenters. The van der Waals surface area contributed by atoms with E-state index in [1.807, 2.05) is 41.3 Å². The third-order valence-electron chi connectivity index (χ3n) is 5.83. The smallest absolute Gasteiger partial charge is 0.283 e. The van der Waals surface area contributed by atoms with Gasteiger partial charge in [0.15, 0.2) is 5.54 Å². The molecule has 0 aliphatic carbocycles. The number of fused-ring (bicyclic) bond motifs is 4. The summed E-state index contributed by atoms with van der Waals surface area (Å²) in [5, 5.41) is 0. The zero-order valence-corrected chi connectivity index (χ0v) is 18.1. The summed E-state index contributed by atoms with van der Waals surface area (Å²) in [6.07, 6.45) is 1.04. The molecule has 3 heterocycles. The standard InChI is InChI=1S/C24H27N3O4/c1-23(2,3)13-29-16-6-8-20-18(12-16)24(14-30-22(25)26-24)17-11-15(5-7-19(17)31-20)21(28)27-9-4-10-27/h5-8,11-12H,4,9-10,13-14H2,1-3H3,(H2,25,26)/t24-/m0/s1. The van der Waals surface area contributed by atoms with E-state index in [2.05, 4.69) is 20.8 Å². The van der Waals surface area contributed by atoms with Crippen LogP contribution < -0.4 is 15.2 Å². The van der Waals surface area contributed by atoms with Crippen molar-refractivity contribution in [3.05, 3.63) is 53.1 Å². The molecule has 3 aliphatic heterocycles. The molecular formula is C24H27N3O4. The molecule has 31 heavy (non-hydrogen) atoms. The minimum absolute atomic E-state index is 0.0214. The molecule has 2 aromatic rings. The molecule has 3 aliphatic rings. The van der Waals surface area contributed by atoms with Gasteiger partial charge >= 0.3 is 0 Å². The molecule has 1 amide bonds. The van der Waals surface area contributed by atoms with Gasteiger partial charge in [-0.1, -0.05) is 20.8 Å². The third kappa shape index (κ3) is 3.38. The van der Waals surface area contributed by atoms with Gasteiger partial charge in [0.25, 0.3) is 11.9 Å². The number of amides is 1. The Bertz CT molecular complexity index is 1080. The lowest BCUT2D eigenvalue weighted by Crippen LogP contribution is -2.42. The monoisotopic (exact) mass is 421 g/mol. The number of amidine groups is 1. The second kappa shape index (κ2) is 6.90. The van der Waals surface area contributed by atoms with Gasteiger partial charge in [-0.3, -0.25) is 4.79 Å². The third-order valence-corrected chi connectivity index (χ3v) is 5.83. The van der Waals surface area contributed by atoms with Crippen molar-refractivity contribution in [2.24, 2.45) is 16.1 Å². The second-order valence-electron chi connectivity index (χ2n) is 9.57. The van der Waals surface area contributed by atoms with Gasteiger partial charge in [0.2, 0.25) is 0 Å². The summed E-state index contributed by atoms with van der Waals surface area (Å²) in [4.78, 5) is 19.4. The van der Waals surface area contributed by atoms with Gasteiger partial charge in [-0.15, -0.1) is 0 Å². The van der Waals surface area contributed by atoms with E-state index < -0.39 is 5.54 Å². The molecule has 5 rings (SSSR count). The molecule has 2 N–H and O–H groups in total. The first-order valence-corrected chi connectivity index (χ1v) is 10.6. The Balaban J connectivity index is 1.58. The van der Waals surface area contributed by atoms with E-state index in [9.17, 15) is 4.79 Å². The van der Waals surface area contributed by atoms with E-state index in [1.54, 1.807) is 0 Å². The van der Waals surface area contributed by atoms with Crippen molar-refractivity contribution in [3.8, 4) is 17.2 Å². The van der Waals surface area contributed by atoms with Gasteiger partial charge in [0.1, 0.15) is 23.9 Å². The van der Waals surface area contributed by atoms with Crippen LogP contribution in [0.5, 0.6) is 17.2 Å². The van der Waals surface area contributed by atoms with Gasteiger partial charge in [0.05, 0.1) is 6.61 Å². The lowest BCUT2D eigenvalue weighted by atomic mass is 9.80. The van der Waals surface area contributed by atoms with E-state index in [4.69, 9.17) is 24.9 Å². The Kier molecular flexibility index (Phi) is 4.39. The Labute approximate surface area is 181 Å². The topological polar surface area (TPSA) is 86.4 Å². The van der Waals surface area contributed by atoms with Crippen LogP contribution in [0.4, 0.5) is 0 Å². The van der Waals surface area contributed by atoms with Crippen molar-refractivity contribution in [2.75, 3.05) is 26.3 Å². The second-order valence-corrected chi connectivity index (χ2v) is 9.57. The SMILES string of the molecule is CC(C)(C)COc1ccc2c(c1)[C@]1(COC(N)=N1)c1cc(C(=O)N3CCC3)ccc1O2. The van der Waals surface area contributed by atoms with Crippen molar-refractivity contribution in [1.82, 2.24) is 4.90 Å². The normalized spacial score (nSPS) is 21.4. The Morgan fingerprint density at radius 3 is 2.48 bits per heavy atom. The fraction of sp³-hybridized carbons (Fsp3) is 0.417. The molecule has 1 spiro atoms. The number of nitrogens with two attached hydrogens (primary N) is 1. The molecule has 0 aromatic heterocycles. The minimum atomic E-state index is -0.876. The number of carbonyl (C=O) groups excluding carboxylic acids is 1. The van der Waals surface area contributed by atoms with Gasteiger partial charge in [-0.05, 0) is 48.2 Å². The molecular weight excluding hydrogens is 394 g/mol. The summed E-state index contributed by atoms with van der Waals surface area (Å²) < 4.78 is 17.9. The highest BCUT2D eigenvalue weighted by atomic mass is 16.5. The molecule has 0 unspecified atom stereocenters. The zero-order chi connectivity index (χ0) is 21.8. The van der Waals surface area contributed by atoms with Gasteiger partial charge in [-0.25, -0.2) is 4.99 Å². The average molecular weight is 421 g/mol. The zero-order valence-electron chi connectivity index (χ0n) is 18.1. The highest BCUT2D eigenvalue weighted by molar-refractivity contribution is 5.95. The van der Waals surface area contributed by atoms with Gasteiger partial charge < -0.3 is 24.8 Å². The molecule has 7 heteroatoms. The predicted octanol–water partition coefficient (Wildman–Crippen LogP) is 3.65. The predicted molar refractivity (Wildman–Crippen MR) is 117 cm³/mol. The summed E-state index contributed by atoms with van der Waals surface area (Å²) in [6, 6.07) is 11.4. The van der Waals surface area contributed by atoms with E-state index in [0.29, 0.717) is 23.7 Å². The van der Waals surface area contributed by atoms with Crippen molar-refractivity contribution >= 4 is 11.9 Å². The van der Waals surface area contributed by atoms with Gasteiger partial charge in [-0.2, -0.15) is 0 Å². The summed E-state index contributed by atoms with van der Waals surface area (Å²) in [5.41, 5.74) is 7.33. The molecule has 1 fully saturated rings. The number of benzene rings is 2. The van der Waals surface area contributed by atoms with E-state index in [-0.39, 0.29) is 24.0 Å². The first-order chi connectivity index (χ1) is 14.7. The number of aliphatic imine (C=N–C) groups is 1. The average Bonchev–Trinajstić information content (AvgIpc) is 3.07. The molecule has 0 saturated carbocycles. The maximum absolute atomic E-state index is 12.8. The summed E-state index contributed by atoms with van der Waals surface area (Å²) in [7, 11) is 0. The number of hydrogen-bond donors (Lipinski definition) is 1. The first-order valence-electron chi connectivity index (χ1n) is 10.6. The highest BCUT2D eigenvalue weighted by Gasteiger charge is 2.47. The van der Waals surface area contributed by atoms with Gasteiger partial charge in [0, 0.05) is 29.8 Å². The van der Waals surface area contributed by atoms with Crippen LogP contribution in [0.2, 0.25) is 0 Å². The number of rotatable bonds is 3. The number of ether oxygens (including phenoxy) is 3. The van der Waals surface area contributed by atoms with Crippen LogP contribution in [-0.4, -0.2) is 43.1 Å². The van der Waals surface area contributed by atoms with Crippen LogP contribution in [0.1, 0.15) is 48.7 Å². The van der Waals surface area contributed by atoms with Crippen LogP contribution >= 0.6 is 0 Å². The first kappa shape index (κ1) is 19.7. The molecule has 1 saturated heterocycles. The largest absolute Gasteiger partial charge is 0.493 e. The molecule has 0 bridgehead atoms. The Morgan fingerprint density at radius 2 is 1.87 bits per heavy atom. The molecule has 7 nitrogen and oxygen atoms in total. The highest BCUT2D eigenvalue weighted by Crippen LogP contribution is 2.52. The maximum Gasteiger partial charge on any atom is 0.283 e. The maximum atomic E-state index is 12.8. The minimum Gasteiger partial charge on any atom is -0.493 e. The lowest BCUT2D eigenvalue weighted by molar-refractivity contribution is 0.0651. The Morgan fingerprint density at radius 1 is 1.16 bits per heavy atom.